The van der Waals surface area contributed by atoms with Crippen molar-refractivity contribution in [2.45, 2.75) is 33.0 Å². The minimum Gasteiger partial charge on any atom is -0.368 e. The summed E-state index contributed by atoms with van der Waals surface area (Å²) >= 11 is 0. The van der Waals surface area contributed by atoms with Crippen molar-refractivity contribution >= 4 is 16.9 Å². The molecule has 98 valence electrons. The Morgan fingerprint density at radius 2 is 2.11 bits per heavy atom. The highest BCUT2D eigenvalue weighted by Crippen LogP contribution is 2.19. The molecule has 2 aromatic rings. The van der Waals surface area contributed by atoms with Crippen molar-refractivity contribution in [3.8, 4) is 0 Å². The molecule has 0 radical (unpaired) electrons. The maximum Gasteiger partial charge on any atom is 0.163 e. The number of anilines is 1. The van der Waals surface area contributed by atoms with Crippen molar-refractivity contribution in [3.05, 3.63) is 12.0 Å². The second kappa shape index (κ2) is 4.51. The first-order chi connectivity index (χ1) is 8.40. The van der Waals surface area contributed by atoms with Gasteiger partial charge in [-0.1, -0.05) is 0 Å². The van der Waals surface area contributed by atoms with Gasteiger partial charge in [-0.25, -0.2) is 15.8 Å². The first-order valence-electron chi connectivity index (χ1n) is 5.70. The van der Waals surface area contributed by atoms with Crippen LogP contribution in [0.3, 0.4) is 0 Å². The van der Waals surface area contributed by atoms with Crippen molar-refractivity contribution in [1.29, 1.82) is 0 Å². The molecule has 0 aromatic carbocycles. The lowest BCUT2D eigenvalue weighted by atomic mass is 10.2. The number of hydrogen-bond acceptors (Lipinski definition) is 6. The predicted molar refractivity (Wildman–Crippen MR) is 68.7 cm³/mol. The van der Waals surface area contributed by atoms with Crippen LogP contribution in [0.4, 0.5) is 5.82 Å². The Hall–Kier alpha value is -1.73. The summed E-state index contributed by atoms with van der Waals surface area (Å²) in [6.45, 7) is 6.28. The van der Waals surface area contributed by atoms with Gasteiger partial charge in [-0.05, 0) is 20.8 Å². The molecule has 0 fully saturated rings. The van der Waals surface area contributed by atoms with E-state index in [1.807, 2.05) is 27.8 Å². The van der Waals surface area contributed by atoms with Crippen LogP contribution in [0.2, 0.25) is 0 Å². The summed E-state index contributed by atoms with van der Waals surface area (Å²) in [6, 6.07) is 0. The van der Waals surface area contributed by atoms with E-state index >= 15 is 0 Å². The maximum absolute atomic E-state index is 5.66. The average molecular weight is 250 g/mol. The molecule has 0 bridgehead atoms. The van der Waals surface area contributed by atoms with Crippen LogP contribution in [0.15, 0.2) is 6.20 Å². The number of nitrogen functional groups attached to an aromatic ring is 1. The van der Waals surface area contributed by atoms with E-state index in [-0.39, 0.29) is 5.60 Å². The third-order valence-corrected chi connectivity index (χ3v) is 2.41. The standard InChI is InChI=1S/C11H18N6O/c1-11(2,3)18-6-8-14-9(16-12)7-5-13-17(4)10(7)15-8/h5H,6,12H2,1-4H3,(H,14,15,16). The molecule has 2 aromatic heterocycles. The first-order valence-corrected chi connectivity index (χ1v) is 5.70. The Balaban J connectivity index is 2.37. The van der Waals surface area contributed by atoms with Gasteiger partial charge in [-0.15, -0.1) is 0 Å². The van der Waals surface area contributed by atoms with Crippen LogP contribution in [0, 0.1) is 0 Å². The normalized spacial score (nSPS) is 12.1. The second-order valence-electron chi connectivity index (χ2n) is 5.04. The number of aromatic nitrogens is 4. The Labute approximate surface area is 105 Å². The molecule has 0 aliphatic carbocycles. The highest BCUT2D eigenvalue weighted by Gasteiger charge is 2.14. The number of ether oxygens (including phenoxy) is 1. The Bertz CT molecular complexity index is 556. The van der Waals surface area contributed by atoms with Crippen LogP contribution in [0.1, 0.15) is 26.6 Å². The number of nitrogens with one attached hydrogen (secondary N) is 1. The zero-order valence-electron chi connectivity index (χ0n) is 11.1. The zero-order chi connectivity index (χ0) is 13.3. The van der Waals surface area contributed by atoms with Gasteiger partial charge in [0, 0.05) is 7.05 Å². The number of nitrogens with two attached hydrogens (primary N) is 1. The fourth-order valence-corrected chi connectivity index (χ4v) is 1.52. The number of fused-ring (bicyclic) bond motifs is 1. The van der Waals surface area contributed by atoms with Crippen LogP contribution >= 0.6 is 0 Å². The molecule has 0 spiro atoms. The summed E-state index contributed by atoms with van der Waals surface area (Å²) in [4.78, 5) is 8.73. The number of nitrogens with zero attached hydrogens (tertiary/aromatic N) is 4. The maximum atomic E-state index is 5.66. The summed E-state index contributed by atoms with van der Waals surface area (Å²) in [7, 11) is 1.82. The molecule has 0 saturated carbocycles. The second-order valence-corrected chi connectivity index (χ2v) is 5.04. The molecular weight excluding hydrogens is 232 g/mol. The van der Waals surface area contributed by atoms with E-state index in [9.17, 15) is 0 Å². The topological polar surface area (TPSA) is 90.9 Å². The van der Waals surface area contributed by atoms with E-state index in [1.54, 1.807) is 10.9 Å². The van der Waals surface area contributed by atoms with Crippen LogP contribution in [0.5, 0.6) is 0 Å². The molecule has 2 rings (SSSR count). The minimum atomic E-state index is -0.235. The molecule has 7 nitrogen and oxygen atoms in total. The minimum absolute atomic E-state index is 0.235. The third-order valence-electron chi connectivity index (χ3n) is 2.41. The van der Waals surface area contributed by atoms with Gasteiger partial charge >= 0.3 is 0 Å². The van der Waals surface area contributed by atoms with E-state index in [4.69, 9.17) is 10.6 Å². The monoisotopic (exact) mass is 250 g/mol. The highest BCUT2D eigenvalue weighted by atomic mass is 16.5. The quantitative estimate of drug-likeness (QED) is 0.623. The number of rotatable bonds is 3. The van der Waals surface area contributed by atoms with Gasteiger partial charge in [0.2, 0.25) is 0 Å². The highest BCUT2D eigenvalue weighted by molar-refractivity contribution is 5.86. The van der Waals surface area contributed by atoms with Gasteiger partial charge in [0.15, 0.2) is 17.3 Å². The number of hydrazine groups is 1. The lowest BCUT2D eigenvalue weighted by Gasteiger charge is -2.18. The van der Waals surface area contributed by atoms with E-state index in [2.05, 4.69) is 20.5 Å². The summed E-state index contributed by atoms with van der Waals surface area (Å²) in [5.74, 6) is 6.59. The predicted octanol–water partition coefficient (Wildman–Crippen LogP) is 0.964. The summed E-state index contributed by atoms with van der Waals surface area (Å²) in [6.07, 6.45) is 1.68. The van der Waals surface area contributed by atoms with Gasteiger partial charge in [-0.3, -0.25) is 4.68 Å². The van der Waals surface area contributed by atoms with Crippen molar-refractivity contribution in [1.82, 2.24) is 19.7 Å². The van der Waals surface area contributed by atoms with Crippen molar-refractivity contribution in [3.63, 3.8) is 0 Å². The summed E-state index contributed by atoms with van der Waals surface area (Å²) in [5.41, 5.74) is 3.05. The largest absolute Gasteiger partial charge is 0.368 e. The van der Waals surface area contributed by atoms with Crippen molar-refractivity contribution in [2.24, 2.45) is 12.9 Å². The van der Waals surface area contributed by atoms with Crippen LogP contribution in [-0.2, 0) is 18.4 Å². The van der Waals surface area contributed by atoms with Gasteiger partial charge in [-0.2, -0.15) is 5.10 Å². The van der Waals surface area contributed by atoms with Gasteiger partial charge in [0.25, 0.3) is 0 Å². The van der Waals surface area contributed by atoms with Gasteiger partial charge in [0.1, 0.15) is 6.61 Å². The van der Waals surface area contributed by atoms with Crippen LogP contribution in [-0.4, -0.2) is 25.3 Å². The molecule has 0 aliphatic heterocycles. The van der Waals surface area contributed by atoms with Crippen molar-refractivity contribution in [2.75, 3.05) is 5.43 Å². The van der Waals surface area contributed by atoms with E-state index in [1.165, 1.54) is 0 Å². The summed E-state index contributed by atoms with van der Waals surface area (Å²) < 4.78 is 7.34. The Morgan fingerprint density at radius 1 is 1.39 bits per heavy atom. The molecule has 18 heavy (non-hydrogen) atoms. The smallest absolute Gasteiger partial charge is 0.163 e. The third kappa shape index (κ3) is 2.57. The number of hydrogen-bond donors (Lipinski definition) is 2. The SMILES string of the molecule is Cn1ncc2c(NN)nc(COC(C)(C)C)nc21. The van der Waals surface area contributed by atoms with E-state index < -0.39 is 0 Å². The van der Waals surface area contributed by atoms with E-state index in [0.717, 1.165) is 11.0 Å². The molecule has 3 N–H and O–H groups in total. The lowest BCUT2D eigenvalue weighted by Crippen LogP contribution is -2.20. The Morgan fingerprint density at radius 3 is 2.72 bits per heavy atom. The molecule has 0 amide bonds. The van der Waals surface area contributed by atoms with Crippen LogP contribution in [0.25, 0.3) is 11.0 Å². The van der Waals surface area contributed by atoms with Gasteiger partial charge < -0.3 is 10.2 Å². The van der Waals surface area contributed by atoms with Crippen molar-refractivity contribution < 1.29 is 4.74 Å². The first kappa shape index (κ1) is 12.7. The van der Waals surface area contributed by atoms with Gasteiger partial charge in [0.05, 0.1) is 17.2 Å². The summed E-state index contributed by atoms with van der Waals surface area (Å²) in [5, 5.41) is 4.92. The Kier molecular flexibility index (Phi) is 3.18. The molecule has 2 heterocycles. The molecule has 0 saturated heterocycles. The lowest BCUT2D eigenvalue weighted by molar-refractivity contribution is -0.0179. The van der Waals surface area contributed by atoms with Crippen LogP contribution < -0.4 is 11.3 Å². The molecule has 0 unspecified atom stereocenters. The fourth-order valence-electron chi connectivity index (χ4n) is 1.52. The fraction of sp³-hybridized carbons (Fsp3) is 0.545. The molecule has 7 heteroatoms. The number of aryl methyl sites for hydroxylation is 1. The van der Waals surface area contributed by atoms with E-state index in [0.29, 0.717) is 18.2 Å². The zero-order valence-corrected chi connectivity index (χ0v) is 11.1. The molecule has 0 aliphatic rings. The molecular formula is C11H18N6O. The molecule has 0 atom stereocenters. The average Bonchev–Trinajstić information content (AvgIpc) is 2.67.